The van der Waals surface area contributed by atoms with E-state index in [1.165, 1.54) is 77.3 Å². The number of unbranched alkanes of at least 4 members (excludes halogenated alkanes) is 7. The van der Waals surface area contributed by atoms with Crippen LogP contribution in [0, 0.1) is 23.2 Å². The number of para-hydroxylation sites is 1. The Morgan fingerprint density at radius 3 is 2.36 bits per heavy atom. The van der Waals surface area contributed by atoms with Crippen molar-refractivity contribution < 1.29 is 14.3 Å². The van der Waals surface area contributed by atoms with Gasteiger partial charge in [-0.25, -0.2) is 0 Å². The zero-order chi connectivity index (χ0) is 48.5. The molecule has 1 radical (unpaired) electrons. The van der Waals surface area contributed by atoms with Crippen molar-refractivity contribution in [3.63, 3.8) is 0 Å². The van der Waals surface area contributed by atoms with Crippen LogP contribution in [0.4, 0.5) is 10.9 Å². The Morgan fingerprint density at radius 2 is 1.60 bits per heavy atom. The summed E-state index contributed by atoms with van der Waals surface area (Å²) in [4.78, 5) is 40.8. The first-order chi connectivity index (χ1) is 33.8. The topological polar surface area (TPSA) is 156 Å². The molecule has 373 valence electrons. The second kappa shape index (κ2) is 20.9. The molecule has 6 heterocycles. The van der Waals surface area contributed by atoms with Crippen molar-refractivity contribution in [3.8, 4) is 11.1 Å². The van der Waals surface area contributed by atoms with Crippen LogP contribution in [0.15, 0.2) is 63.0 Å². The molecule has 3 aliphatic heterocycles. The Kier molecular flexibility index (Phi) is 14.8. The summed E-state index contributed by atoms with van der Waals surface area (Å²) in [6.07, 6.45) is 22.8. The number of carbonyl (C=O) groups is 2. The number of nitrogens with two attached hydrogens (primary N) is 1. The Labute approximate surface area is 431 Å². The van der Waals surface area contributed by atoms with Crippen molar-refractivity contribution in [1.82, 2.24) is 33.3 Å². The van der Waals surface area contributed by atoms with Crippen molar-refractivity contribution in [3.05, 3.63) is 74.4 Å². The van der Waals surface area contributed by atoms with Crippen LogP contribution in [0.25, 0.3) is 21.3 Å². The molecule has 5 fully saturated rings. The number of amides is 2. The number of ether oxygens (including phenoxy) is 1. The van der Waals surface area contributed by atoms with Gasteiger partial charge in [0.2, 0.25) is 5.91 Å². The first-order valence-electron chi connectivity index (χ1n) is 26.7. The number of hydrogen-bond acceptors (Lipinski definition) is 11. The molecule has 7 aliphatic rings. The van der Waals surface area contributed by atoms with Crippen molar-refractivity contribution in [2.24, 2.45) is 22.0 Å². The number of thiazole rings is 1. The monoisotopic (exact) mass is 1070 g/mol. The van der Waals surface area contributed by atoms with Gasteiger partial charge in [0, 0.05) is 13.0 Å². The van der Waals surface area contributed by atoms with E-state index in [1.54, 1.807) is 11.3 Å². The molecule has 70 heavy (non-hydrogen) atoms. The number of fused-ring (bicyclic) bond motifs is 1. The molecule has 5 N–H and O–H groups in total. The zero-order valence-corrected chi connectivity index (χ0v) is 46.5. The summed E-state index contributed by atoms with van der Waals surface area (Å²) in [5, 5.41) is 13.0. The van der Waals surface area contributed by atoms with Gasteiger partial charge < -0.3 is 15.4 Å². The number of allylic oxidation sites excluding steroid dienone is 2. The molecule has 3 aromatic heterocycles. The van der Waals surface area contributed by atoms with Gasteiger partial charge >= 0.3 is 287 Å². The average molecular weight is 1070 g/mol. The van der Waals surface area contributed by atoms with E-state index in [1.807, 2.05) is 12.3 Å². The molecule has 1 saturated heterocycles. The summed E-state index contributed by atoms with van der Waals surface area (Å²) < 4.78 is 15.8. The third kappa shape index (κ3) is 10.9. The number of nitrogens with one attached hydrogen (secondary N) is 3. The fourth-order valence-corrected chi connectivity index (χ4v) is 19.9. The van der Waals surface area contributed by atoms with Gasteiger partial charge in [0.15, 0.2) is 0 Å². The maximum absolute atomic E-state index is 14.6. The van der Waals surface area contributed by atoms with Crippen molar-refractivity contribution >= 4 is 67.5 Å². The summed E-state index contributed by atoms with van der Waals surface area (Å²) >= 11 is 0.157. The summed E-state index contributed by atoms with van der Waals surface area (Å²) in [5.41, 5.74) is 12.9. The van der Waals surface area contributed by atoms with Crippen LogP contribution in [0.1, 0.15) is 159 Å². The first-order valence-corrected chi connectivity index (χ1v) is 30.8. The van der Waals surface area contributed by atoms with Gasteiger partial charge in [-0.05, 0) is 62.4 Å². The summed E-state index contributed by atoms with van der Waals surface area (Å²) in [5.74, 6) is 1.59. The van der Waals surface area contributed by atoms with Crippen LogP contribution in [-0.4, -0.2) is 105 Å². The predicted octanol–water partition coefficient (Wildman–Crippen LogP) is 10.2. The van der Waals surface area contributed by atoms with E-state index >= 15 is 0 Å². The Balaban J connectivity index is 0.881. The van der Waals surface area contributed by atoms with Crippen LogP contribution in [0.3, 0.4) is 0 Å². The number of primary amides is 1. The number of pyridine rings is 1. The molecule has 13 nitrogen and oxygen atoms in total. The SMILES string of the molecule is CC1=C(Nc2nc3ccccc3s2)[NH][In][C]2=C1CCCN2c1ccc(-c2cnn(CC34CC5(C)CC(C)(C3)CC(OCCN3CCCC3)(C5)C4)c2C)c(C(=O)NCCCCCCCCCCC(N)=O)n1. The molecule has 0 spiro atoms. The molecule has 4 saturated carbocycles. The van der Waals surface area contributed by atoms with Gasteiger partial charge in [-0.15, -0.1) is 0 Å². The van der Waals surface area contributed by atoms with E-state index < -0.39 is 23.2 Å². The number of likely N-dealkylation sites (tertiary alicyclic amines) is 1. The van der Waals surface area contributed by atoms with Crippen LogP contribution in [0.5, 0.6) is 0 Å². The third-order valence-electron chi connectivity index (χ3n) is 16.7. The van der Waals surface area contributed by atoms with Gasteiger partial charge in [0.05, 0.1) is 12.2 Å². The molecule has 4 bridgehead atoms. The number of rotatable bonds is 22. The molecule has 2 amide bonds. The van der Waals surface area contributed by atoms with Crippen LogP contribution >= 0.6 is 11.3 Å². The Hall–Kier alpha value is -3.92. The third-order valence-corrected chi connectivity index (χ3v) is 21.5. The molecule has 2 atom stereocenters. The van der Waals surface area contributed by atoms with Gasteiger partial charge in [-0.3, -0.25) is 4.79 Å². The minimum atomic E-state index is -1.53. The van der Waals surface area contributed by atoms with Gasteiger partial charge in [0.25, 0.3) is 0 Å². The average Bonchev–Trinajstić information content (AvgIpc) is 4.08. The molecule has 2 unspecified atom stereocenters. The number of anilines is 2. The summed E-state index contributed by atoms with van der Waals surface area (Å²) in [6, 6.07) is 12.6. The van der Waals surface area contributed by atoms with Crippen molar-refractivity contribution in [1.29, 1.82) is 0 Å². The summed E-state index contributed by atoms with van der Waals surface area (Å²) in [7, 11) is 0. The van der Waals surface area contributed by atoms with Gasteiger partial charge in [0.1, 0.15) is 0 Å². The second-order valence-corrected chi connectivity index (χ2v) is 27.2. The van der Waals surface area contributed by atoms with E-state index in [2.05, 4.69) is 86.4 Å². The fourth-order valence-electron chi connectivity index (χ4n) is 14.7. The van der Waals surface area contributed by atoms with E-state index in [-0.39, 0.29) is 33.7 Å². The minimum absolute atomic E-state index is 0.0651. The van der Waals surface area contributed by atoms with E-state index in [4.69, 9.17) is 25.5 Å². The molecule has 4 aliphatic carbocycles. The molecule has 4 aromatic rings. The van der Waals surface area contributed by atoms with Crippen LogP contribution in [-0.2, 0) is 16.1 Å². The number of aromatic nitrogens is 4. The van der Waals surface area contributed by atoms with Crippen molar-refractivity contribution in [2.75, 3.05) is 49.5 Å². The van der Waals surface area contributed by atoms with Crippen LogP contribution < -0.4 is 24.6 Å². The molecule has 11 rings (SSSR count). The van der Waals surface area contributed by atoms with Crippen molar-refractivity contribution in [2.45, 2.75) is 162 Å². The second-order valence-electron chi connectivity index (χ2n) is 22.9. The standard InChI is InChI=1S/C55H76N10O3S.In/c1-39(49(57)62-51-60-44-19-12-13-20-45(44)69-51)41-18-17-27-64(31-41)47-23-22-42(48(61-47)50(67)58-24-14-10-8-6-5-7-9-11-21-46(56)66)43-30-59-65(40(43)2)38-54-33-52(3)32-53(4,34-54)36-55(35-52,37-54)68-29-28-63-25-15-16-26-63;/h12-13,19-20,22-23,30,57H,5-11,14-18,21,24-29,32-38H2,1-4H3,(H2,56,66)(H,58,67)(H,60,62);/q-1;+1. The van der Waals surface area contributed by atoms with E-state index in [9.17, 15) is 9.59 Å². The molecule has 1 aromatic carbocycles. The number of hydrogen-bond donors (Lipinski definition) is 4. The Bertz CT molecular complexity index is 2580. The van der Waals surface area contributed by atoms with E-state index in [0.29, 0.717) is 18.7 Å². The summed E-state index contributed by atoms with van der Waals surface area (Å²) in [6.45, 7) is 16.1. The Morgan fingerprint density at radius 1 is 0.857 bits per heavy atom. The first kappa shape index (κ1) is 49.6. The quantitative estimate of drug-likeness (QED) is 0.0559. The van der Waals surface area contributed by atoms with E-state index in [0.717, 1.165) is 136 Å². The number of benzene rings is 1. The van der Waals surface area contributed by atoms with Gasteiger partial charge in [-0.1, -0.05) is 33.1 Å². The maximum atomic E-state index is 14.6. The van der Waals surface area contributed by atoms with Gasteiger partial charge in [-0.2, -0.15) is 0 Å². The fraction of sp³-hybridized carbons (Fsp3) is 0.618. The molecular formula is C55H76InN10O3S. The number of carbonyl (C=O) groups excluding carboxylic acids is 2. The molecular weight excluding hydrogens is 996 g/mol. The van der Waals surface area contributed by atoms with Crippen LogP contribution in [0.2, 0.25) is 0 Å². The predicted molar refractivity (Wildman–Crippen MR) is 282 cm³/mol. The number of nitrogens with zero attached hydrogens (tertiary/aromatic N) is 6. The zero-order valence-electron chi connectivity index (χ0n) is 42.4. The normalized spacial score (nSPS) is 26.2. The molecule has 15 heteroatoms.